The van der Waals surface area contributed by atoms with Crippen LogP contribution in [0.5, 0.6) is 0 Å². The third kappa shape index (κ3) is 15.7. The van der Waals surface area contributed by atoms with Gasteiger partial charge in [0.25, 0.3) is 34.4 Å². The van der Waals surface area contributed by atoms with Crippen molar-refractivity contribution in [3.8, 4) is 17.5 Å². The number of hydrogen-bond acceptors (Lipinski definition) is 24. The molecular formula is C72H84N24O9. The van der Waals surface area contributed by atoms with Gasteiger partial charge in [0.1, 0.15) is 86.1 Å². The van der Waals surface area contributed by atoms with Crippen molar-refractivity contribution in [2.24, 2.45) is 0 Å². The minimum atomic E-state index is -0.282. The minimum absolute atomic E-state index is 0. The van der Waals surface area contributed by atoms with Crippen molar-refractivity contribution < 1.29 is 28.6 Å². The summed E-state index contributed by atoms with van der Waals surface area (Å²) in [6.45, 7) is 0. The van der Waals surface area contributed by atoms with Gasteiger partial charge in [-0.05, 0) is 111 Å². The molecule has 3 amide bonds. The Morgan fingerprint density at radius 2 is 0.686 bits per heavy atom. The fraction of sp³-hybridized carbons (Fsp3) is 0.292. The number of methoxy groups -OCH3 is 3. The third-order valence-electron chi connectivity index (χ3n) is 17.7. The Morgan fingerprint density at radius 3 is 0.914 bits per heavy atom. The lowest BCUT2D eigenvalue weighted by molar-refractivity contribution is 0.00731. The van der Waals surface area contributed by atoms with Crippen LogP contribution in [-0.2, 0) is 14.2 Å². The first-order valence-corrected chi connectivity index (χ1v) is 32.7. The van der Waals surface area contributed by atoms with Crippen LogP contribution in [0, 0.1) is 0 Å². The Bertz CT molecular complexity index is 4700. The fourth-order valence-corrected chi connectivity index (χ4v) is 11.8. The highest BCUT2D eigenvalue weighted by molar-refractivity contribution is 6.02. The molecule has 3 fully saturated rings. The Kier molecular flexibility index (Phi) is 23.8. The first-order valence-electron chi connectivity index (χ1n) is 32.7. The van der Waals surface area contributed by atoms with Crippen molar-refractivity contribution in [3.63, 3.8) is 0 Å². The van der Waals surface area contributed by atoms with Gasteiger partial charge in [-0.3, -0.25) is 42.5 Å². The van der Waals surface area contributed by atoms with Gasteiger partial charge in [0.15, 0.2) is 16.9 Å². The maximum Gasteiger partial charge on any atom is 0.279 e. The van der Waals surface area contributed by atoms with Crippen molar-refractivity contribution in [1.82, 2.24) is 88.4 Å². The average molecular weight is 1430 g/mol. The number of nitrogens with one attached hydrogen (secondary N) is 9. The molecule has 3 aliphatic rings. The fourth-order valence-electron chi connectivity index (χ4n) is 11.8. The van der Waals surface area contributed by atoms with Crippen molar-refractivity contribution in [2.45, 2.75) is 97.2 Å². The first-order chi connectivity index (χ1) is 49.8. The molecule has 0 spiro atoms. The number of anilines is 9. The van der Waals surface area contributed by atoms with Gasteiger partial charge in [-0.2, -0.15) is 28.8 Å². The molecule has 6 atom stereocenters. The van der Waals surface area contributed by atoms with Gasteiger partial charge >= 0.3 is 0 Å². The van der Waals surface area contributed by atoms with Crippen molar-refractivity contribution in [2.75, 3.05) is 74.4 Å². The van der Waals surface area contributed by atoms with E-state index in [2.05, 4.69) is 93.1 Å². The van der Waals surface area contributed by atoms with Gasteiger partial charge in [-0.15, -0.1) is 0 Å². The Morgan fingerprint density at radius 1 is 0.400 bits per heavy atom. The summed E-state index contributed by atoms with van der Waals surface area (Å²) < 4.78 is 25.1. The number of nitrogens with zero attached hydrogens (tertiary/aromatic N) is 15. The number of aromatic nitrogens is 15. The number of carbonyl (C=O) groups excluding carboxylic acids is 3. The van der Waals surface area contributed by atoms with Crippen LogP contribution < -0.4 is 64.5 Å². The average Bonchev–Trinajstić information content (AvgIpc) is 1.67. The van der Waals surface area contributed by atoms with Crippen LogP contribution >= 0.6 is 0 Å². The molecule has 12 aromatic rings. The Balaban J connectivity index is 0.000000166. The molecule has 0 bridgehead atoms. The summed E-state index contributed by atoms with van der Waals surface area (Å²) in [5, 5.41) is 40.3. The van der Waals surface area contributed by atoms with E-state index in [4.69, 9.17) is 14.2 Å². The Hall–Kier alpha value is -12.8. The van der Waals surface area contributed by atoms with Gasteiger partial charge in [0, 0.05) is 97.9 Å². The smallest absolute Gasteiger partial charge is 0.279 e. The summed E-state index contributed by atoms with van der Waals surface area (Å²) in [4.78, 5) is 105. The van der Waals surface area contributed by atoms with Crippen LogP contribution in [0.1, 0.15) is 91.9 Å². The zero-order chi connectivity index (χ0) is 71.0. The van der Waals surface area contributed by atoms with Crippen LogP contribution in [0.25, 0.3) is 34.4 Å². The first kappa shape index (κ1) is 74.9. The molecule has 9 N–H and O–H groups in total. The summed E-state index contributed by atoms with van der Waals surface area (Å²) >= 11 is 0. The monoisotopic (exact) mass is 1430 g/mol. The molecule has 546 valence electrons. The molecule has 105 heavy (non-hydrogen) atoms. The van der Waals surface area contributed by atoms with E-state index in [9.17, 15) is 28.8 Å². The van der Waals surface area contributed by atoms with Crippen LogP contribution in [0.15, 0.2) is 179 Å². The predicted octanol–water partition coefficient (Wildman–Crippen LogP) is 7.81. The summed E-state index contributed by atoms with van der Waals surface area (Å²) in [7, 11) is 10.2. The highest BCUT2D eigenvalue weighted by atomic mass is 16.5. The summed E-state index contributed by atoms with van der Waals surface area (Å²) in [6.07, 6.45) is 19.7. The largest absolute Gasteiger partial charge is 0.379 e. The van der Waals surface area contributed by atoms with E-state index in [0.717, 1.165) is 38.5 Å². The van der Waals surface area contributed by atoms with Gasteiger partial charge in [-0.1, -0.05) is 40.5 Å². The van der Waals surface area contributed by atoms with Crippen LogP contribution in [0.2, 0.25) is 0 Å². The van der Waals surface area contributed by atoms with E-state index in [0.29, 0.717) is 103 Å². The van der Waals surface area contributed by atoms with Crippen LogP contribution in [0.3, 0.4) is 0 Å². The second-order valence-electron chi connectivity index (χ2n) is 23.7. The summed E-state index contributed by atoms with van der Waals surface area (Å²) in [6, 6.07) is 31.3. The molecule has 3 saturated carbocycles. The number of rotatable bonds is 21. The summed E-state index contributed by atoms with van der Waals surface area (Å²) in [5.41, 5.74) is 2.19. The minimum Gasteiger partial charge on any atom is -0.379 e. The number of carbonyl (C=O) groups is 3. The number of pyridine rings is 6. The van der Waals surface area contributed by atoms with E-state index in [1.54, 1.807) is 184 Å². The van der Waals surface area contributed by atoms with E-state index >= 15 is 0 Å². The van der Waals surface area contributed by atoms with Gasteiger partial charge in [-0.25, -0.2) is 29.9 Å². The number of fused-ring (bicyclic) bond motifs is 3. The van der Waals surface area contributed by atoms with Gasteiger partial charge in [0.2, 0.25) is 0 Å². The maximum absolute atomic E-state index is 13.1. The number of amides is 3. The second kappa shape index (κ2) is 33.4. The molecule has 12 heterocycles. The zero-order valence-corrected chi connectivity index (χ0v) is 56.2. The molecule has 0 aromatic carbocycles. The molecule has 0 radical (unpaired) electrons. The molecule has 33 heteroatoms. The quantitative estimate of drug-likeness (QED) is 0.0331. The standard InChI is InChI=1S/3C23H24N8O3.3CH4/c3*1-24-20-12-18(27-16-6-5-11-30(23(16)33)19-7-3-4-10-25-19)29-21-14(13-26-31(20)21)22(32)28-15-8-9-17(15)34-2;;;/h3*3-7,10-13,15,17,24H,8-9H2,1-2H3,(H,27,29)(H,28,32);3*1H4/t3*15-,17-;;;/m110.../s1. The van der Waals surface area contributed by atoms with Gasteiger partial charge < -0.3 is 62.1 Å². The van der Waals surface area contributed by atoms with Crippen LogP contribution in [0.4, 0.5) is 52.0 Å². The van der Waals surface area contributed by atoms with Crippen LogP contribution in [-0.4, -0.2) is 169 Å². The zero-order valence-electron chi connectivity index (χ0n) is 56.2. The molecule has 3 aliphatic carbocycles. The normalized spacial score (nSPS) is 16.7. The lowest BCUT2D eigenvalue weighted by Crippen LogP contribution is -2.51. The highest BCUT2D eigenvalue weighted by Gasteiger charge is 2.36. The lowest BCUT2D eigenvalue weighted by atomic mass is 9.89. The van der Waals surface area contributed by atoms with Crippen molar-refractivity contribution in [1.29, 1.82) is 0 Å². The van der Waals surface area contributed by atoms with Crippen molar-refractivity contribution >= 4 is 86.6 Å². The topological polar surface area (TPSA) is 382 Å². The predicted molar refractivity (Wildman–Crippen MR) is 401 cm³/mol. The molecule has 12 aromatic heterocycles. The highest BCUT2D eigenvalue weighted by Crippen LogP contribution is 2.29. The summed E-state index contributed by atoms with van der Waals surface area (Å²) in [5.74, 6) is 3.69. The van der Waals surface area contributed by atoms with E-state index < -0.39 is 0 Å². The van der Waals surface area contributed by atoms with E-state index in [-0.39, 0.29) is 93.1 Å². The maximum atomic E-state index is 13.1. The van der Waals surface area contributed by atoms with E-state index in [1.165, 1.54) is 32.3 Å². The second-order valence-corrected chi connectivity index (χ2v) is 23.7. The SMILES string of the molecule is C.C.C.CNc1cc(Nc2cccn(-c3ccccn3)c2=O)nc2c(C(=O)N[C@@H]3CC[C@H]3OC)cnn12.CNc1cc(Nc2cccn(-c3ccccn3)c2=O)nc2c(C(=O)N[C@@H]3CC[C@H]3OC)cnn12.CNc1cc(Nc2cccn(-c3ccccn3)c2=O)nc2c(C(=O)N[C@H]3CC[C@@H]3OC)cnn12. The lowest BCUT2D eigenvalue weighted by Gasteiger charge is -2.35. The number of ether oxygens (including phenoxy) is 3. The molecule has 0 unspecified atom stereocenters. The van der Waals surface area contributed by atoms with Crippen molar-refractivity contribution in [3.05, 3.63) is 213 Å². The molecule has 0 saturated heterocycles. The molecular weight excluding hydrogens is 1340 g/mol. The number of hydrogen-bond donors (Lipinski definition) is 9. The molecule has 15 rings (SSSR count). The molecule has 0 aliphatic heterocycles. The van der Waals surface area contributed by atoms with E-state index in [1.807, 2.05) is 18.2 Å². The molecule has 33 nitrogen and oxygen atoms in total. The Labute approximate surface area is 602 Å². The third-order valence-corrected chi connectivity index (χ3v) is 17.7. The van der Waals surface area contributed by atoms with Gasteiger partial charge in [0.05, 0.1) is 55.0 Å².